The van der Waals surface area contributed by atoms with Crippen LogP contribution < -0.4 is 26.1 Å². The first-order chi connectivity index (χ1) is 16.2. The Morgan fingerprint density at radius 1 is 1.12 bits per heavy atom. The van der Waals surface area contributed by atoms with Crippen LogP contribution in [-0.4, -0.2) is 37.7 Å². The van der Waals surface area contributed by atoms with E-state index >= 15 is 0 Å². The van der Waals surface area contributed by atoms with Gasteiger partial charge in [0.1, 0.15) is 10.8 Å². The van der Waals surface area contributed by atoms with Crippen molar-refractivity contribution in [2.24, 2.45) is 5.34 Å². The molecule has 0 radical (unpaired) electrons. The van der Waals surface area contributed by atoms with Crippen molar-refractivity contribution in [2.75, 3.05) is 30.8 Å². The smallest absolute Gasteiger partial charge is 0.288 e. The van der Waals surface area contributed by atoms with Crippen molar-refractivity contribution < 1.29 is 22.7 Å². The molecular formula is C22H25F3N4O4S. The Kier molecular flexibility index (Phi) is 10.0. The molecule has 0 fully saturated rings. The van der Waals surface area contributed by atoms with Gasteiger partial charge < -0.3 is 25.5 Å². The topological polar surface area (TPSA) is 101 Å². The summed E-state index contributed by atoms with van der Waals surface area (Å²) in [6, 6.07) is 8.89. The predicted octanol–water partition coefficient (Wildman–Crippen LogP) is 4.72. The fraction of sp³-hybridized carbons (Fsp3) is 0.364. The molecule has 0 spiro atoms. The number of benzene rings is 1. The lowest BCUT2D eigenvalue weighted by Gasteiger charge is -2.17. The third-order valence-corrected chi connectivity index (χ3v) is 5.07. The van der Waals surface area contributed by atoms with Crippen LogP contribution in [0.4, 0.5) is 30.2 Å². The minimum atomic E-state index is -2.84. The lowest BCUT2D eigenvalue weighted by molar-refractivity contribution is 0.0667. The first kappa shape index (κ1) is 26.8. The lowest BCUT2D eigenvalue weighted by atomic mass is 10.0. The van der Waals surface area contributed by atoms with Crippen LogP contribution >= 0.6 is 12.2 Å². The molecule has 184 valence electrons. The molecule has 12 heteroatoms. The van der Waals surface area contributed by atoms with Crippen molar-refractivity contribution in [3.8, 4) is 5.75 Å². The van der Waals surface area contributed by atoms with E-state index in [9.17, 15) is 22.9 Å². The molecule has 8 nitrogen and oxygen atoms in total. The number of nitrogens with one attached hydrogen (secondary N) is 3. The van der Waals surface area contributed by atoms with Gasteiger partial charge in [-0.1, -0.05) is 26.1 Å². The third-order valence-electron chi connectivity index (χ3n) is 4.75. The van der Waals surface area contributed by atoms with Gasteiger partial charge in [-0.2, -0.15) is 0 Å². The maximum Gasteiger partial charge on any atom is 0.288 e. The van der Waals surface area contributed by atoms with Crippen molar-refractivity contribution in [1.29, 1.82) is 0 Å². The van der Waals surface area contributed by atoms with Crippen LogP contribution in [0, 0.1) is 10.7 Å². The molecule has 0 aromatic heterocycles. The van der Waals surface area contributed by atoms with Crippen LogP contribution in [0.5, 0.6) is 5.75 Å². The number of hydrogen-bond acceptors (Lipinski definition) is 8. The van der Waals surface area contributed by atoms with Crippen LogP contribution in [0.2, 0.25) is 0 Å². The molecule has 1 unspecified atom stereocenters. The first-order valence-corrected chi connectivity index (χ1v) is 10.6. The Labute approximate surface area is 199 Å². The summed E-state index contributed by atoms with van der Waals surface area (Å²) in [5, 5.41) is 10.5. The first-order valence-electron chi connectivity index (χ1n) is 10.2. The Balaban J connectivity index is 2.15. The van der Waals surface area contributed by atoms with Crippen molar-refractivity contribution >= 4 is 34.3 Å². The van der Waals surface area contributed by atoms with Crippen LogP contribution in [0.3, 0.4) is 0 Å². The summed E-state index contributed by atoms with van der Waals surface area (Å²) < 4.78 is 44.9. The number of methoxy groups -OCH3 is 1. The molecule has 2 rings (SSSR count). The zero-order valence-electron chi connectivity index (χ0n) is 18.7. The second-order valence-electron chi connectivity index (χ2n) is 7.48. The van der Waals surface area contributed by atoms with Gasteiger partial charge in [-0.3, -0.25) is 4.79 Å². The average molecular weight is 499 g/mol. The molecule has 0 aliphatic rings. The summed E-state index contributed by atoms with van der Waals surface area (Å²) in [6.07, 6.45) is -3.77. The molecule has 3 N–H and O–H groups in total. The Morgan fingerprint density at radius 2 is 1.82 bits per heavy atom. The summed E-state index contributed by atoms with van der Waals surface area (Å²) in [5.74, 6) is -0.449. The van der Waals surface area contributed by atoms with Crippen molar-refractivity contribution in [1.82, 2.24) is 5.32 Å². The Morgan fingerprint density at radius 3 is 2.41 bits per heavy atom. The lowest BCUT2D eigenvalue weighted by Crippen LogP contribution is -2.38. The number of nitrogens with zero attached hydrogens (tertiary/aromatic N) is 1. The van der Waals surface area contributed by atoms with Gasteiger partial charge in [-0.25, -0.2) is 13.2 Å². The molecule has 0 heterocycles. The monoisotopic (exact) mass is 498 g/mol. The predicted molar refractivity (Wildman–Crippen MR) is 129 cm³/mol. The van der Waals surface area contributed by atoms with Gasteiger partial charge in [0, 0.05) is 11.4 Å². The average Bonchev–Trinajstić information content (AvgIpc) is 2.95. The fourth-order valence-electron chi connectivity index (χ4n) is 2.99. The number of ether oxygens (including phenoxy) is 1. The van der Waals surface area contributed by atoms with Gasteiger partial charge in [0.25, 0.3) is 6.43 Å². The van der Waals surface area contributed by atoms with Gasteiger partial charge in [0.2, 0.25) is 5.43 Å². The highest BCUT2D eigenvalue weighted by Crippen LogP contribution is 2.29. The quantitative estimate of drug-likeness (QED) is 0.220. The number of rotatable bonds is 12. The highest BCUT2D eigenvalue weighted by molar-refractivity contribution is 7.80. The highest BCUT2D eigenvalue weighted by atomic mass is 32.1. The van der Waals surface area contributed by atoms with E-state index in [1.807, 2.05) is 13.8 Å². The molecule has 0 saturated heterocycles. The van der Waals surface area contributed by atoms with Crippen LogP contribution in [0.25, 0.3) is 0 Å². The molecule has 0 bridgehead atoms. The highest BCUT2D eigenvalue weighted by Gasteiger charge is 2.16. The summed E-state index contributed by atoms with van der Waals surface area (Å²) >= 11 is 4.47. The van der Waals surface area contributed by atoms with Crippen LogP contribution in [0.1, 0.15) is 25.3 Å². The summed E-state index contributed by atoms with van der Waals surface area (Å²) in [5.41, 5.74) is 1.46. The third kappa shape index (κ3) is 7.58. The summed E-state index contributed by atoms with van der Waals surface area (Å²) in [6.45, 7) is 3.59. The summed E-state index contributed by atoms with van der Waals surface area (Å²) in [7, 11) is 1.40. The maximum atomic E-state index is 14.8. The molecule has 0 aliphatic carbocycles. The summed E-state index contributed by atoms with van der Waals surface area (Å²) in [4.78, 5) is 26.6. The number of alkyl halides is 2. The SMILES string of the molecule is COc1ccc(Nc2ccc(NCC(CNC(=S)C(F)F)ON=O)cc2F)c(C(C)C)cc1=O. The molecular weight excluding hydrogens is 473 g/mol. The van der Waals surface area contributed by atoms with E-state index in [2.05, 4.69) is 38.3 Å². The minimum absolute atomic E-state index is 0.0220. The van der Waals surface area contributed by atoms with E-state index < -0.39 is 23.3 Å². The zero-order chi connectivity index (χ0) is 25.3. The number of hydrogen-bond donors (Lipinski definition) is 3. The largest absolute Gasteiger partial charge is 0.493 e. The van der Waals surface area contributed by atoms with E-state index in [1.165, 1.54) is 31.4 Å². The van der Waals surface area contributed by atoms with Crippen molar-refractivity contribution in [2.45, 2.75) is 32.3 Å². The molecule has 0 aliphatic heterocycles. The molecule has 0 saturated carbocycles. The van der Waals surface area contributed by atoms with Gasteiger partial charge in [-0.15, -0.1) is 4.91 Å². The Hall–Kier alpha value is -3.41. The second-order valence-corrected chi connectivity index (χ2v) is 7.92. The van der Waals surface area contributed by atoms with Crippen LogP contribution in [0.15, 0.2) is 46.5 Å². The van der Waals surface area contributed by atoms with E-state index in [4.69, 9.17) is 4.74 Å². The normalized spacial score (nSPS) is 11.6. The molecule has 34 heavy (non-hydrogen) atoms. The van der Waals surface area contributed by atoms with Crippen LogP contribution in [-0.2, 0) is 4.84 Å². The zero-order valence-corrected chi connectivity index (χ0v) is 19.5. The minimum Gasteiger partial charge on any atom is -0.493 e. The molecule has 2 aromatic rings. The van der Waals surface area contributed by atoms with Gasteiger partial charge in [0.15, 0.2) is 17.2 Å². The van der Waals surface area contributed by atoms with Gasteiger partial charge >= 0.3 is 0 Å². The Bertz CT molecular complexity index is 1070. The molecule has 1 atom stereocenters. The van der Waals surface area contributed by atoms with E-state index in [0.29, 0.717) is 16.9 Å². The standard InChI is InChI=1S/C22H25F3N4O4S/c1-12(2)15-9-19(30)20(32-3)7-6-17(15)28-18-5-4-13(8-16(18)23)26-10-14(33-29-31)11-27-22(34)21(24)25/h4-9,12,14,21,26,28H,10-11H2,1-3H3,(H,27,34). The number of halogens is 3. The fourth-order valence-corrected chi connectivity index (χ4v) is 3.07. The van der Waals surface area contributed by atoms with Gasteiger partial charge in [0.05, 0.1) is 25.9 Å². The van der Waals surface area contributed by atoms with E-state index in [1.54, 1.807) is 12.1 Å². The second kappa shape index (κ2) is 12.7. The molecule has 0 amide bonds. The van der Waals surface area contributed by atoms with Gasteiger partial charge in [-0.05, 0) is 47.9 Å². The number of anilines is 3. The van der Waals surface area contributed by atoms with Crippen molar-refractivity contribution in [3.05, 3.63) is 62.9 Å². The van der Waals surface area contributed by atoms with Crippen molar-refractivity contribution in [3.63, 3.8) is 0 Å². The van der Waals surface area contributed by atoms with E-state index in [0.717, 1.165) is 0 Å². The number of thiocarbonyl (C=S) groups is 1. The maximum absolute atomic E-state index is 14.8. The molecule has 2 aromatic carbocycles. The van der Waals surface area contributed by atoms with E-state index in [-0.39, 0.29) is 35.9 Å².